The second kappa shape index (κ2) is 6.01. The van der Waals surface area contributed by atoms with Crippen LogP contribution in [-0.2, 0) is 0 Å². The number of nitrogens with one attached hydrogen (secondary N) is 2. The molecule has 1 aliphatic heterocycles. The van der Waals surface area contributed by atoms with Crippen LogP contribution in [0.5, 0.6) is 0 Å². The Labute approximate surface area is 122 Å². The maximum Gasteiger partial charge on any atom is 0.251 e. The van der Waals surface area contributed by atoms with E-state index >= 15 is 0 Å². The van der Waals surface area contributed by atoms with Gasteiger partial charge in [0.2, 0.25) is 0 Å². The predicted octanol–water partition coefficient (Wildman–Crippen LogP) is 0.390. The summed E-state index contributed by atoms with van der Waals surface area (Å²) in [5.41, 5.74) is 1.39. The van der Waals surface area contributed by atoms with Crippen molar-refractivity contribution in [2.75, 3.05) is 13.1 Å². The van der Waals surface area contributed by atoms with Gasteiger partial charge in [-0.3, -0.25) is 4.79 Å². The first kappa shape index (κ1) is 13.7. The molecule has 3 rings (SSSR count). The molecule has 1 aromatic heterocycles. The van der Waals surface area contributed by atoms with Gasteiger partial charge in [-0.05, 0) is 54.1 Å². The first-order valence-electron chi connectivity index (χ1n) is 7.09. The van der Waals surface area contributed by atoms with Gasteiger partial charge in [0, 0.05) is 11.6 Å². The van der Waals surface area contributed by atoms with Crippen molar-refractivity contribution in [1.29, 1.82) is 0 Å². The van der Waals surface area contributed by atoms with Crippen molar-refractivity contribution in [1.82, 2.24) is 30.8 Å². The van der Waals surface area contributed by atoms with E-state index in [1.54, 1.807) is 12.1 Å². The first-order valence-corrected chi connectivity index (χ1v) is 7.09. The molecule has 0 aliphatic carbocycles. The Bertz CT molecular complexity index is 612. The van der Waals surface area contributed by atoms with Crippen LogP contribution in [0.3, 0.4) is 0 Å². The second-order valence-electron chi connectivity index (χ2n) is 5.35. The van der Waals surface area contributed by atoms with Crippen molar-refractivity contribution in [3.05, 3.63) is 36.2 Å². The summed E-state index contributed by atoms with van der Waals surface area (Å²) in [5, 5.41) is 17.5. The maximum absolute atomic E-state index is 12.4. The number of carbonyl (C=O) groups is 1. The summed E-state index contributed by atoms with van der Waals surface area (Å²) in [7, 11) is 0. The summed E-state index contributed by atoms with van der Waals surface area (Å²) in [4.78, 5) is 12.4. The third-order valence-electron chi connectivity index (χ3n) is 3.82. The number of benzene rings is 1. The molecule has 110 valence electrons. The number of piperidine rings is 1. The highest BCUT2D eigenvalue weighted by Crippen LogP contribution is 2.13. The van der Waals surface area contributed by atoms with Crippen LogP contribution in [0.1, 0.15) is 23.7 Å². The van der Waals surface area contributed by atoms with Crippen molar-refractivity contribution >= 4 is 5.91 Å². The van der Waals surface area contributed by atoms with E-state index in [9.17, 15) is 4.79 Å². The van der Waals surface area contributed by atoms with Crippen molar-refractivity contribution in [2.45, 2.75) is 19.4 Å². The Morgan fingerprint density at radius 3 is 3.14 bits per heavy atom. The Morgan fingerprint density at radius 2 is 2.38 bits per heavy atom. The smallest absolute Gasteiger partial charge is 0.251 e. The molecule has 2 unspecified atom stereocenters. The fraction of sp³-hybridized carbons (Fsp3) is 0.429. The second-order valence-corrected chi connectivity index (χ2v) is 5.35. The van der Waals surface area contributed by atoms with Crippen LogP contribution in [0.4, 0.5) is 0 Å². The lowest BCUT2D eigenvalue weighted by molar-refractivity contribution is 0.0914. The molecule has 0 saturated carbocycles. The van der Waals surface area contributed by atoms with Gasteiger partial charge in [-0.25, -0.2) is 4.68 Å². The Kier molecular flexibility index (Phi) is 3.92. The van der Waals surface area contributed by atoms with Gasteiger partial charge in [-0.15, -0.1) is 5.10 Å². The monoisotopic (exact) mass is 286 g/mol. The largest absolute Gasteiger partial charge is 0.349 e. The fourth-order valence-corrected chi connectivity index (χ4v) is 2.55. The number of hydrogen-bond acceptors (Lipinski definition) is 5. The normalized spacial score (nSPS) is 22.0. The van der Waals surface area contributed by atoms with Gasteiger partial charge >= 0.3 is 0 Å². The highest BCUT2D eigenvalue weighted by molar-refractivity contribution is 5.94. The van der Waals surface area contributed by atoms with E-state index in [1.165, 1.54) is 11.0 Å². The van der Waals surface area contributed by atoms with Crippen LogP contribution >= 0.6 is 0 Å². The van der Waals surface area contributed by atoms with Gasteiger partial charge in [0.25, 0.3) is 5.91 Å². The number of aromatic nitrogens is 4. The number of rotatable bonds is 3. The van der Waals surface area contributed by atoms with Gasteiger partial charge in [0.15, 0.2) is 0 Å². The van der Waals surface area contributed by atoms with Crippen LogP contribution in [-0.4, -0.2) is 45.2 Å². The van der Waals surface area contributed by atoms with Crippen LogP contribution < -0.4 is 10.6 Å². The molecule has 1 aliphatic rings. The average molecular weight is 286 g/mol. The summed E-state index contributed by atoms with van der Waals surface area (Å²) in [5.74, 6) is 0.383. The summed E-state index contributed by atoms with van der Waals surface area (Å²) >= 11 is 0. The lowest BCUT2D eigenvalue weighted by Gasteiger charge is -2.30. The number of hydrogen-bond donors (Lipinski definition) is 2. The van der Waals surface area contributed by atoms with E-state index in [0.29, 0.717) is 11.5 Å². The topological polar surface area (TPSA) is 84.7 Å². The number of nitrogens with zero attached hydrogens (tertiary/aromatic N) is 4. The van der Waals surface area contributed by atoms with Crippen molar-refractivity contribution in [2.24, 2.45) is 5.92 Å². The number of carbonyl (C=O) groups excluding carboxylic acids is 1. The minimum Gasteiger partial charge on any atom is -0.349 e. The van der Waals surface area contributed by atoms with Crippen LogP contribution in [0.15, 0.2) is 30.6 Å². The van der Waals surface area contributed by atoms with Gasteiger partial charge in [-0.1, -0.05) is 13.0 Å². The van der Waals surface area contributed by atoms with E-state index in [2.05, 4.69) is 33.1 Å². The SMILES string of the molecule is CC1CNCCC1NC(=O)c1cccc(-n2cnnn2)c1. The molecule has 1 saturated heterocycles. The third-order valence-corrected chi connectivity index (χ3v) is 3.82. The van der Waals surface area contributed by atoms with E-state index in [-0.39, 0.29) is 11.9 Å². The summed E-state index contributed by atoms with van der Waals surface area (Å²) < 4.78 is 1.53. The minimum atomic E-state index is -0.0522. The number of amides is 1. The zero-order valence-corrected chi connectivity index (χ0v) is 11.9. The predicted molar refractivity (Wildman–Crippen MR) is 77.1 cm³/mol. The average Bonchev–Trinajstić information content (AvgIpc) is 3.04. The third kappa shape index (κ3) is 3.08. The molecule has 0 spiro atoms. The zero-order chi connectivity index (χ0) is 14.7. The van der Waals surface area contributed by atoms with Crippen LogP contribution in [0.25, 0.3) is 5.69 Å². The summed E-state index contributed by atoms with van der Waals surface area (Å²) in [6.45, 7) is 4.03. The van der Waals surface area contributed by atoms with Gasteiger partial charge in [0.05, 0.1) is 5.69 Å². The molecule has 1 aromatic carbocycles. The van der Waals surface area contributed by atoms with Crippen LogP contribution in [0, 0.1) is 5.92 Å². The van der Waals surface area contributed by atoms with Crippen molar-refractivity contribution < 1.29 is 4.79 Å². The Hall–Kier alpha value is -2.28. The molecule has 7 nitrogen and oxygen atoms in total. The molecule has 0 bridgehead atoms. The van der Waals surface area contributed by atoms with E-state index in [4.69, 9.17) is 0 Å². The van der Waals surface area contributed by atoms with E-state index < -0.39 is 0 Å². The molecule has 21 heavy (non-hydrogen) atoms. The fourth-order valence-electron chi connectivity index (χ4n) is 2.55. The molecule has 2 heterocycles. The molecule has 1 amide bonds. The highest BCUT2D eigenvalue weighted by Gasteiger charge is 2.23. The quantitative estimate of drug-likeness (QED) is 0.852. The standard InChI is InChI=1S/C14H18N6O/c1-10-8-15-6-5-13(10)17-14(21)11-3-2-4-12(7-11)20-9-16-18-19-20/h2-4,7,9-10,13,15H,5-6,8H2,1H3,(H,17,21). The molecular weight excluding hydrogens is 268 g/mol. The zero-order valence-electron chi connectivity index (χ0n) is 11.9. The molecule has 2 N–H and O–H groups in total. The van der Waals surface area contributed by atoms with Gasteiger partial charge in [0.1, 0.15) is 6.33 Å². The van der Waals surface area contributed by atoms with Gasteiger partial charge in [-0.2, -0.15) is 0 Å². The molecule has 1 fully saturated rings. The Balaban J connectivity index is 1.74. The van der Waals surface area contributed by atoms with Gasteiger partial charge < -0.3 is 10.6 Å². The summed E-state index contributed by atoms with van der Waals surface area (Å²) in [6.07, 6.45) is 2.46. The van der Waals surface area contributed by atoms with Crippen molar-refractivity contribution in [3.63, 3.8) is 0 Å². The lowest BCUT2D eigenvalue weighted by Crippen LogP contribution is -2.48. The summed E-state index contributed by atoms with van der Waals surface area (Å²) in [6, 6.07) is 7.50. The maximum atomic E-state index is 12.4. The van der Waals surface area contributed by atoms with Crippen LogP contribution in [0.2, 0.25) is 0 Å². The molecule has 0 radical (unpaired) electrons. The molecular formula is C14H18N6O. The van der Waals surface area contributed by atoms with E-state index in [1.807, 2.05) is 12.1 Å². The molecule has 2 atom stereocenters. The Morgan fingerprint density at radius 1 is 1.48 bits per heavy atom. The first-order chi connectivity index (χ1) is 10.2. The van der Waals surface area contributed by atoms with Crippen molar-refractivity contribution in [3.8, 4) is 5.69 Å². The lowest BCUT2D eigenvalue weighted by atomic mass is 9.95. The minimum absolute atomic E-state index is 0.0522. The van der Waals surface area contributed by atoms with E-state index in [0.717, 1.165) is 25.2 Å². The number of tetrazole rings is 1. The molecule has 7 heteroatoms. The highest BCUT2D eigenvalue weighted by atomic mass is 16.1. The molecule has 2 aromatic rings.